The Morgan fingerprint density at radius 3 is 2.44 bits per heavy atom. The predicted octanol–water partition coefficient (Wildman–Crippen LogP) is 3.35. The van der Waals surface area contributed by atoms with E-state index < -0.39 is 0 Å². The van der Waals surface area contributed by atoms with Gasteiger partial charge in [-0.05, 0) is 36.8 Å². The number of carbonyl (C=O) groups excluding carboxylic acids is 1. The Labute approximate surface area is 95.2 Å². The Kier molecular flexibility index (Phi) is 3.16. The highest BCUT2D eigenvalue weighted by Crippen LogP contribution is 2.31. The van der Waals surface area contributed by atoms with Crippen LogP contribution in [0, 0.1) is 11.3 Å². The summed E-state index contributed by atoms with van der Waals surface area (Å²) in [4.78, 5) is 10.6. The lowest BCUT2D eigenvalue weighted by atomic mass is 9.88. The van der Waals surface area contributed by atoms with Crippen LogP contribution in [0.5, 0.6) is 0 Å². The first-order valence-electron chi connectivity index (χ1n) is 5.53. The molecule has 0 saturated carbocycles. The summed E-state index contributed by atoms with van der Waals surface area (Å²) < 4.78 is 0. The number of rotatable bonds is 2. The van der Waals surface area contributed by atoms with E-state index >= 15 is 0 Å². The zero-order chi connectivity index (χ0) is 11.4. The zero-order valence-corrected chi connectivity index (χ0v) is 9.07. The molecule has 0 unspecified atom stereocenters. The SMILES string of the molecule is N#CC1=C(c2ccc(C=O)cc2)CCCC1. The number of nitrogens with zero attached hydrogens (tertiary/aromatic N) is 1. The van der Waals surface area contributed by atoms with Crippen LogP contribution >= 0.6 is 0 Å². The Hall–Kier alpha value is -1.88. The molecule has 2 nitrogen and oxygen atoms in total. The van der Waals surface area contributed by atoms with Crippen LogP contribution in [0.25, 0.3) is 5.57 Å². The fourth-order valence-electron chi connectivity index (χ4n) is 2.11. The van der Waals surface area contributed by atoms with Crippen LogP contribution in [0.2, 0.25) is 0 Å². The van der Waals surface area contributed by atoms with Gasteiger partial charge in [-0.15, -0.1) is 0 Å². The van der Waals surface area contributed by atoms with E-state index in [-0.39, 0.29) is 0 Å². The third kappa shape index (κ3) is 2.04. The lowest BCUT2D eigenvalue weighted by Crippen LogP contribution is -1.98. The molecule has 1 aliphatic rings. The average molecular weight is 211 g/mol. The average Bonchev–Trinajstić information content (AvgIpc) is 2.39. The number of hydrogen-bond donors (Lipinski definition) is 0. The molecule has 1 aromatic carbocycles. The topological polar surface area (TPSA) is 40.9 Å². The van der Waals surface area contributed by atoms with Gasteiger partial charge in [0.15, 0.2) is 0 Å². The van der Waals surface area contributed by atoms with Crippen molar-refractivity contribution in [2.45, 2.75) is 25.7 Å². The third-order valence-corrected chi connectivity index (χ3v) is 3.00. The van der Waals surface area contributed by atoms with Gasteiger partial charge in [0.2, 0.25) is 0 Å². The summed E-state index contributed by atoms with van der Waals surface area (Å²) in [5, 5.41) is 9.06. The van der Waals surface area contributed by atoms with Crippen molar-refractivity contribution in [3.8, 4) is 6.07 Å². The molecule has 2 heteroatoms. The van der Waals surface area contributed by atoms with Crippen LogP contribution < -0.4 is 0 Å². The summed E-state index contributed by atoms with van der Waals surface area (Å²) in [7, 11) is 0. The van der Waals surface area contributed by atoms with Gasteiger partial charge in [-0.3, -0.25) is 4.79 Å². The highest BCUT2D eigenvalue weighted by molar-refractivity contribution is 5.78. The number of benzene rings is 1. The van der Waals surface area contributed by atoms with Gasteiger partial charge in [0.1, 0.15) is 6.29 Å². The van der Waals surface area contributed by atoms with Gasteiger partial charge in [0, 0.05) is 11.1 Å². The molecule has 0 aliphatic heterocycles. The molecular formula is C14H13NO. The lowest BCUT2D eigenvalue weighted by Gasteiger charge is -2.16. The van der Waals surface area contributed by atoms with Gasteiger partial charge in [0.25, 0.3) is 0 Å². The van der Waals surface area contributed by atoms with Gasteiger partial charge in [-0.1, -0.05) is 24.3 Å². The summed E-state index contributed by atoms with van der Waals surface area (Å²) in [6, 6.07) is 9.76. The van der Waals surface area contributed by atoms with Crippen molar-refractivity contribution < 1.29 is 4.79 Å². The smallest absolute Gasteiger partial charge is 0.150 e. The fourth-order valence-corrected chi connectivity index (χ4v) is 2.11. The van der Waals surface area contributed by atoms with E-state index in [1.54, 1.807) is 12.1 Å². The lowest BCUT2D eigenvalue weighted by molar-refractivity contribution is 0.112. The second kappa shape index (κ2) is 4.76. The van der Waals surface area contributed by atoms with Crippen LogP contribution in [-0.2, 0) is 0 Å². The molecule has 0 spiro atoms. The first-order chi connectivity index (χ1) is 7.85. The van der Waals surface area contributed by atoms with Crippen molar-refractivity contribution >= 4 is 11.9 Å². The minimum Gasteiger partial charge on any atom is -0.298 e. The molecule has 0 atom stereocenters. The number of aldehydes is 1. The normalized spacial score (nSPS) is 15.7. The zero-order valence-electron chi connectivity index (χ0n) is 9.07. The van der Waals surface area contributed by atoms with Crippen LogP contribution in [0.15, 0.2) is 29.8 Å². The van der Waals surface area contributed by atoms with Gasteiger partial charge < -0.3 is 0 Å². The number of nitriles is 1. The van der Waals surface area contributed by atoms with Gasteiger partial charge >= 0.3 is 0 Å². The van der Waals surface area contributed by atoms with Gasteiger partial charge in [-0.2, -0.15) is 5.26 Å². The van der Waals surface area contributed by atoms with Crippen LogP contribution in [0.1, 0.15) is 41.6 Å². The molecule has 0 N–H and O–H groups in total. The van der Waals surface area contributed by atoms with Crippen molar-refractivity contribution in [2.24, 2.45) is 0 Å². The summed E-state index contributed by atoms with van der Waals surface area (Å²) in [5.41, 5.74) is 3.83. The predicted molar refractivity (Wildman–Crippen MR) is 62.8 cm³/mol. The maximum absolute atomic E-state index is 10.6. The van der Waals surface area contributed by atoms with Crippen LogP contribution in [-0.4, -0.2) is 6.29 Å². The van der Waals surface area contributed by atoms with Gasteiger partial charge in [0.05, 0.1) is 6.07 Å². The molecule has 80 valence electrons. The molecule has 1 aromatic rings. The van der Waals surface area contributed by atoms with Crippen molar-refractivity contribution in [1.82, 2.24) is 0 Å². The maximum atomic E-state index is 10.6. The standard InChI is InChI=1S/C14H13NO/c15-9-13-3-1-2-4-14(13)12-7-5-11(10-16)6-8-12/h5-8,10H,1-4H2. The molecule has 16 heavy (non-hydrogen) atoms. The molecule has 0 radical (unpaired) electrons. The van der Waals surface area contributed by atoms with Crippen molar-refractivity contribution in [2.75, 3.05) is 0 Å². The van der Waals surface area contributed by atoms with E-state index in [4.69, 9.17) is 5.26 Å². The van der Waals surface area contributed by atoms with E-state index in [2.05, 4.69) is 6.07 Å². The maximum Gasteiger partial charge on any atom is 0.150 e. The Morgan fingerprint density at radius 1 is 1.12 bits per heavy atom. The van der Waals surface area contributed by atoms with E-state index in [9.17, 15) is 4.79 Å². The highest BCUT2D eigenvalue weighted by atomic mass is 16.1. The number of allylic oxidation sites excluding steroid dienone is 2. The van der Waals surface area contributed by atoms with E-state index in [1.165, 1.54) is 0 Å². The number of hydrogen-bond acceptors (Lipinski definition) is 2. The molecule has 0 bridgehead atoms. The molecule has 0 aromatic heterocycles. The van der Waals surface area contributed by atoms with Gasteiger partial charge in [-0.25, -0.2) is 0 Å². The van der Waals surface area contributed by atoms with Crippen LogP contribution in [0.3, 0.4) is 0 Å². The van der Waals surface area contributed by atoms with E-state index in [0.717, 1.165) is 48.7 Å². The molecular weight excluding hydrogens is 198 g/mol. The quantitative estimate of drug-likeness (QED) is 0.704. The molecule has 2 rings (SSSR count). The molecule has 1 aliphatic carbocycles. The second-order valence-corrected chi connectivity index (χ2v) is 4.02. The summed E-state index contributed by atoms with van der Waals surface area (Å²) in [5.74, 6) is 0. The van der Waals surface area contributed by atoms with Crippen molar-refractivity contribution in [3.63, 3.8) is 0 Å². The Bertz CT molecular complexity index is 463. The van der Waals surface area contributed by atoms with Crippen LogP contribution in [0.4, 0.5) is 0 Å². The van der Waals surface area contributed by atoms with Crippen molar-refractivity contribution in [3.05, 3.63) is 41.0 Å². The first kappa shape index (κ1) is 10.6. The molecule has 0 saturated heterocycles. The summed E-state index contributed by atoms with van der Waals surface area (Å²) >= 11 is 0. The monoisotopic (exact) mass is 211 g/mol. The Morgan fingerprint density at radius 2 is 1.81 bits per heavy atom. The molecule has 0 heterocycles. The minimum atomic E-state index is 0.679. The number of carbonyl (C=O) groups is 1. The largest absolute Gasteiger partial charge is 0.298 e. The van der Waals surface area contributed by atoms with E-state index in [0.29, 0.717) is 5.56 Å². The van der Waals surface area contributed by atoms with Crippen molar-refractivity contribution in [1.29, 1.82) is 5.26 Å². The summed E-state index contributed by atoms with van der Waals surface area (Å²) in [6.07, 6.45) is 4.96. The van der Waals surface area contributed by atoms with E-state index in [1.807, 2.05) is 12.1 Å². The summed E-state index contributed by atoms with van der Waals surface area (Å²) in [6.45, 7) is 0. The minimum absolute atomic E-state index is 0.679. The Balaban J connectivity index is 2.38. The third-order valence-electron chi connectivity index (χ3n) is 3.00. The molecule has 0 amide bonds. The second-order valence-electron chi connectivity index (χ2n) is 4.02. The highest BCUT2D eigenvalue weighted by Gasteiger charge is 2.13. The fraction of sp³-hybridized carbons (Fsp3) is 0.286. The first-order valence-corrected chi connectivity index (χ1v) is 5.53. The molecule has 0 fully saturated rings.